The van der Waals surface area contributed by atoms with Crippen molar-refractivity contribution in [2.24, 2.45) is 0 Å². The second-order valence-corrected chi connectivity index (χ2v) is 4.72. The van der Waals surface area contributed by atoms with E-state index < -0.39 is 5.79 Å². The Labute approximate surface area is 96.8 Å². The number of anilines is 1. The Bertz CT molecular complexity index is 388. The molecule has 0 bridgehead atoms. The standard InChI is InChI=1S/C13H19NO2/c1-5-9(2)14-10-6-7-11-12(8-10)16-13(3,4)15-11/h6-9,14H,5H2,1-4H3. The fourth-order valence-electron chi connectivity index (χ4n) is 1.70. The molecule has 0 fully saturated rings. The van der Waals surface area contributed by atoms with Crippen molar-refractivity contribution in [1.82, 2.24) is 0 Å². The summed E-state index contributed by atoms with van der Waals surface area (Å²) in [5.41, 5.74) is 1.08. The fraction of sp³-hybridized carbons (Fsp3) is 0.538. The minimum absolute atomic E-state index is 0.466. The van der Waals surface area contributed by atoms with Crippen LogP contribution < -0.4 is 14.8 Å². The number of rotatable bonds is 3. The van der Waals surface area contributed by atoms with Crippen molar-refractivity contribution in [2.75, 3.05) is 5.32 Å². The minimum Gasteiger partial charge on any atom is -0.449 e. The largest absolute Gasteiger partial charge is 0.449 e. The van der Waals surface area contributed by atoms with Gasteiger partial charge in [0.15, 0.2) is 11.5 Å². The molecule has 1 aromatic carbocycles. The Balaban J connectivity index is 2.16. The van der Waals surface area contributed by atoms with Crippen molar-refractivity contribution < 1.29 is 9.47 Å². The maximum absolute atomic E-state index is 5.69. The Morgan fingerprint density at radius 3 is 2.62 bits per heavy atom. The highest BCUT2D eigenvalue weighted by Gasteiger charge is 2.31. The Kier molecular flexibility index (Phi) is 2.70. The van der Waals surface area contributed by atoms with Gasteiger partial charge in [-0.3, -0.25) is 0 Å². The number of ether oxygens (including phenoxy) is 2. The van der Waals surface area contributed by atoms with Crippen LogP contribution in [0.2, 0.25) is 0 Å². The molecule has 0 saturated heterocycles. The first-order valence-electron chi connectivity index (χ1n) is 5.79. The fourth-order valence-corrected chi connectivity index (χ4v) is 1.70. The highest BCUT2D eigenvalue weighted by molar-refractivity contribution is 5.56. The SMILES string of the molecule is CCC(C)Nc1ccc2c(c1)OC(C)(C)O2. The maximum Gasteiger partial charge on any atom is 0.246 e. The van der Waals surface area contributed by atoms with Crippen LogP contribution in [-0.2, 0) is 0 Å². The molecule has 16 heavy (non-hydrogen) atoms. The third-order valence-electron chi connectivity index (χ3n) is 2.68. The van der Waals surface area contributed by atoms with Crippen molar-refractivity contribution in [1.29, 1.82) is 0 Å². The maximum atomic E-state index is 5.69. The molecule has 0 saturated carbocycles. The zero-order valence-corrected chi connectivity index (χ0v) is 10.3. The molecular weight excluding hydrogens is 202 g/mol. The molecule has 88 valence electrons. The minimum atomic E-state index is -0.544. The third-order valence-corrected chi connectivity index (χ3v) is 2.68. The van der Waals surface area contributed by atoms with Gasteiger partial charge in [0.25, 0.3) is 0 Å². The van der Waals surface area contributed by atoms with Gasteiger partial charge in [0.2, 0.25) is 5.79 Å². The molecule has 1 aromatic rings. The predicted molar refractivity (Wildman–Crippen MR) is 65.2 cm³/mol. The quantitative estimate of drug-likeness (QED) is 0.848. The van der Waals surface area contributed by atoms with Gasteiger partial charge in [-0.05, 0) is 25.5 Å². The number of benzene rings is 1. The molecular formula is C13H19NO2. The van der Waals surface area contributed by atoms with Crippen molar-refractivity contribution >= 4 is 5.69 Å². The summed E-state index contributed by atoms with van der Waals surface area (Å²) in [5, 5.41) is 3.41. The molecule has 1 N–H and O–H groups in total. The normalized spacial score (nSPS) is 18.2. The first kappa shape index (κ1) is 11.1. The second-order valence-electron chi connectivity index (χ2n) is 4.72. The Morgan fingerprint density at radius 2 is 1.94 bits per heavy atom. The van der Waals surface area contributed by atoms with E-state index in [0.29, 0.717) is 6.04 Å². The molecule has 0 amide bonds. The van der Waals surface area contributed by atoms with E-state index in [1.54, 1.807) is 0 Å². The molecule has 1 heterocycles. The molecule has 1 unspecified atom stereocenters. The van der Waals surface area contributed by atoms with Crippen LogP contribution in [0.15, 0.2) is 18.2 Å². The van der Waals surface area contributed by atoms with Crippen LogP contribution in [0.1, 0.15) is 34.1 Å². The van der Waals surface area contributed by atoms with Gasteiger partial charge >= 0.3 is 0 Å². The monoisotopic (exact) mass is 221 g/mol. The first-order valence-corrected chi connectivity index (χ1v) is 5.79. The number of fused-ring (bicyclic) bond motifs is 1. The number of hydrogen-bond acceptors (Lipinski definition) is 3. The summed E-state index contributed by atoms with van der Waals surface area (Å²) >= 11 is 0. The summed E-state index contributed by atoms with van der Waals surface area (Å²) in [5.74, 6) is 1.09. The highest BCUT2D eigenvalue weighted by atomic mass is 16.7. The molecule has 3 nitrogen and oxygen atoms in total. The lowest BCUT2D eigenvalue weighted by molar-refractivity contribution is -0.0431. The molecule has 0 spiro atoms. The van der Waals surface area contributed by atoms with Crippen LogP contribution in [0, 0.1) is 0 Å². The van der Waals surface area contributed by atoms with Gasteiger partial charge in [-0.1, -0.05) is 6.92 Å². The van der Waals surface area contributed by atoms with Gasteiger partial charge in [-0.25, -0.2) is 0 Å². The molecule has 2 rings (SSSR count). The van der Waals surface area contributed by atoms with Crippen LogP contribution in [0.3, 0.4) is 0 Å². The van der Waals surface area contributed by atoms with E-state index in [2.05, 4.69) is 19.2 Å². The van der Waals surface area contributed by atoms with Crippen LogP contribution in [0.25, 0.3) is 0 Å². The lowest BCUT2D eigenvalue weighted by atomic mass is 10.2. The van der Waals surface area contributed by atoms with Gasteiger partial charge in [0.1, 0.15) is 0 Å². The van der Waals surface area contributed by atoms with Gasteiger partial charge in [-0.15, -0.1) is 0 Å². The van der Waals surface area contributed by atoms with E-state index in [0.717, 1.165) is 23.6 Å². The molecule has 0 aliphatic carbocycles. The van der Waals surface area contributed by atoms with E-state index in [1.165, 1.54) is 0 Å². The Hall–Kier alpha value is -1.38. The molecule has 1 aliphatic rings. The molecule has 0 radical (unpaired) electrons. The van der Waals surface area contributed by atoms with Crippen molar-refractivity contribution in [3.8, 4) is 11.5 Å². The van der Waals surface area contributed by atoms with Crippen LogP contribution in [-0.4, -0.2) is 11.8 Å². The van der Waals surface area contributed by atoms with Crippen LogP contribution in [0.5, 0.6) is 11.5 Å². The van der Waals surface area contributed by atoms with E-state index in [4.69, 9.17) is 9.47 Å². The van der Waals surface area contributed by atoms with Gasteiger partial charge in [0, 0.05) is 31.6 Å². The van der Waals surface area contributed by atoms with Crippen LogP contribution >= 0.6 is 0 Å². The zero-order chi connectivity index (χ0) is 11.8. The summed E-state index contributed by atoms with van der Waals surface area (Å²) in [6, 6.07) is 6.44. The summed E-state index contributed by atoms with van der Waals surface area (Å²) in [6.45, 7) is 8.14. The number of hydrogen-bond donors (Lipinski definition) is 1. The lowest BCUT2D eigenvalue weighted by Crippen LogP contribution is -2.29. The summed E-state index contributed by atoms with van der Waals surface area (Å²) in [4.78, 5) is 0. The zero-order valence-electron chi connectivity index (χ0n) is 10.3. The van der Waals surface area contributed by atoms with Crippen molar-refractivity contribution in [3.63, 3.8) is 0 Å². The number of nitrogens with one attached hydrogen (secondary N) is 1. The van der Waals surface area contributed by atoms with Crippen LogP contribution in [0.4, 0.5) is 5.69 Å². The van der Waals surface area contributed by atoms with E-state index >= 15 is 0 Å². The smallest absolute Gasteiger partial charge is 0.246 e. The second kappa shape index (κ2) is 3.89. The molecule has 1 atom stereocenters. The molecule has 0 aromatic heterocycles. The molecule has 1 aliphatic heterocycles. The predicted octanol–water partition coefficient (Wildman–Crippen LogP) is 3.40. The third kappa shape index (κ3) is 2.23. The average molecular weight is 221 g/mol. The van der Waals surface area contributed by atoms with Gasteiger partial charge < -0.3 is 14.8 Å². The van der Waals surface area contributed by atoms with E-state index in [-0.39, 0.29) is 0 Å². The van der Waals surface area contributed by atoms with Crippen molar-refractivity contribution in [2.45, 2.75) is 45.9 Å². The summed E-state index contributed by atoms with van der Waals surface area (Å²) in [6.07, 6.45) is 1.10. The van der Waals surface area contributed by atoms with E-state index in [1.807, 2.05) is 32.0 Å². The molecule has 3 heteroatoms. The summed E-state index contributed by atoms with van der Waals surface area (Å²) < 4.78 is 11.3. The Morgan fingerprint density at radius 1 is 1.25 bits per heavy atom. The van der Waals surface area contributed by atoms with Gasteiger partial charge in [0.05, 0.1) is 0 Å². The summed E-state index contributed by atoms with van der Waals surface area (Å²) in [7, 11) is 0. The van der Waals surface area contributed by atoms with Crippen molar-refractivity contribution in [3.05, 3.63) is 18.2 Å². The average Bonchev–Trinajstić information content (AvgIpc) is 2.51. The van der Waals surface area contributed by atoms with E-state index in [9.17, 15) is 0 Å². The topological polar surface area (TPSA) is 30.5 Å². The van der Waals surface area contributed by atoms with Gasteiger partial charge in [-0.2, -0.15) is 0 Å². The first-order chi connectivity index (χ1) is 7.50. The lowest BCUT2D eigenvalue weighted by Gasteiger charge is -2.16. The highest BCUT2D eigenvalue weighted by Crippen LogP contribution is 2.40.